The molecular weight excluding hydrogens is 148 g/mol. The molecule has 0 bridgehead atoms. The highest BCUT2D eigenvalue weighted by Crippen LogP contribution is 2.03. The van der Waals surface area contributed by atoms with Crippen LogP contribution in [-0.4, -0.2) is 11.5 Å². The second-order valence-corrected chi connectivity index (χ2v) is 2.98. The van der Waals surface area contributed by atoms with Gasteiger partial charge in [-0.3, -0.25) is 4.98 Å². The SMILES string of the molecule is CCCNCc1cnccc1C. The highest BCUT2D eigenvalue weighted by molar-refractivity contribution is 5.20. The molecule has 0 unspecified atom stereocenters. The summed E-state index contributed by atoms with van der Waals surface area (Å²) in [5, 5.41) is 3.35. The Hall–Kier alpha value is -0.890. The Morgan fingerprint density at radius 3 is 3.00 bits per heavy atom. The third-order valence-electron chi connectivity index (χ3n) is 1.89. The summed E-state index contributed by atoms with van der Waals surface area (Å²) >= 11 is 0. The van der Waals surface area contributed by atoms with Gasteiger partial charge in [-0.15, -0.1) is 0 Å². The first-order valence-corrected chi connectivity index (χ1v) is 4.44. The summed E-state index contributed by atoms with van der Waals surface area (Å²) in [6.45, 7) is 6.30. The molecule has 2 nitrogen and oxygen atoms in total. The van der Waals surface area contributed by atoms with E-state index in [1.54, 1.807) is 0 Å². The molecule has 0 radical (unpaired) electrons. The van der Waals surface area contributed by atoms with Crippen molar-refractivity contribution in [1.82, 2.24) is 10.3 Å². The monoisotopic (exact) mass is 164 g/mol. The predicted octanol–water partition coefficient (Wildman–Crippen LogP) is 1.89. The first-order chi connectivity index (χ1) is 5.84. The van der Waals surface area contributed by atoms with Crippen LogP contribution in [0.4, 0.5) is 0 Å². The van der Waals surface area contributed by atoms with Gasteiger partial charge in [0.15, 0.2) is 0 Å². The molecule has 0 saturated heterocycles. The Morgan fingerprint density at radius 2 is 2.33 bits per heavy atom. The van der Waals surface area contributed by atoms with Gasteiger partial charge in [0, 0.05) is 18.9 Å². The number of nitrogens with one attached hydrogen (secondary N) is 1. The summed E-state index contributed by atoms with van der Waals surface area (Å²) in [7, 11) is 0. The maximum Gasteiger partial charge on any atom is 0.0315 e. The summed E-state index contributed by atoms with van der Waals surface area (Å²) in [4.78, 5) is 4.08. The minimum absolute atomic E-state index is 0.938. The van der Waals surface area contributed by atoms with E-state index in [9.17, 15) is 0 Å². The molecule has 0 aliphatic carbocycles. The lowest BCUT2D eigenvalue weighted by Crippen LogP contribution is -2.14. The Bertz CT molecular complexity index is 233. The smallest absolute Gasteiger partial charge is 0.0315 e. The second-order valence-electron chi connectivity index (χ2n) is 2.98. The number of aryl methyl sites for hydroxylation is 1. The van der Waals surface area contributed by atoms with Crippen molar-refractivity contribution < 1.29 is 0 Å². The molecule has 2 heteroatoms. The molecule has 1 heterocycles. The number of rotatable bonds is 4. The molecule has 0 aliphatic rings. The van der Waals surface area contributed by atoms with E-state index in [0.29, 0.717) is 0 Å². The minimum atomic E-state index is 0.938. The van der Waals surface area contributed by atoms with Crippen LogP contribution in [0.2, 0.25) is 0 Å². The number of hydrogen-bond donors (Lipinski definition) is 1. The summed E-state index contributed by atoms with van der Waals surface area (Å²) in [5.74, 6) is 0. The maximum absolute atomic E-state index is 4.08. The molecule has 1 aromatic heterocycles. The van der Waals surface area contributed by atoms with Crippen LogP contribution in [0.1, 0.15) is 24.5 Å². The fourth-order valence-corrected chi connectivity index (χ4v) is 1.08. The largest absolute Gasteiger partial charge is 0.313 e. The maximum atomic E-state index is 4.08. The van der Waals surface area contributed by atoms with Gasteiger partial charge >= 0.3 is 0 Å². The second kappa shape index (κ2) is 4.88. The van der Waals surface area contributed by atoms with Gasteiger partial charge in [-0.25, -0.2) is 0 Å². The zero-order valence-electron chi connectivity index (χ0n) is 7.80. The van der Waals surface area contributed by atoms with Gasteiger partial charge in [0.05, 0.1) is 0 Å². The molecule has 66 valence electrons. The lowest BCUT2D eigenvalue weighted by atomic mass is 10.1. The molecule has 1 rings (SSSR count). The highest BCUT2D eigenvalue weighted by Gasteiger charge is 1.95. The zero-order chi connectivity index (χ0) is 8.81. The van der Waals surface area contributed by atoms with Gasteiger partial charge in [-0.2, -0.15) is 0 Å². The summed E-state index contributed by atoms with van der Waals surface area (Å²) < 4.78 is 0. The third kappa shape index (κ3) is 2.62. The molecular formula is C10H16N2. The number of nitrogens with zero attached hydrogens (tertiary/aromatic N) is 1. The van der Waals surface area contributed by atoms with E-state index in [-0.39, 0.29) is 0 Å². The topological polar surface area (TPSA) is 24.9 Å². The molecule has 1 aromatic rings. The average molecular weight is 164 g/mol. The van der Waals surface area contributed by atoms with Crippen LogP contribution in [-0.2, 0) is 6.54 Å². The molecule has 0 aliphatic heterocycles. The van der Waals surface area contributed by atoms with E-state index in [4.69, 9.17) is 0 Å². The first kappa shape index (κ1) is 9.20. The van der Waals surface area contributed by atoms with Gasteiger partial charge in [0.1, 0.15) is 0 Å². The van der Waals surface area contributed by atoms with Crippen LogP contribution in [0, 0.1) is 6.92 Å². The first-order valence-electron chi connectivity index (χ1n) is 4.44. The van der Waals surface area contributed by atoms with Gasteiger partial charge in [0.25, 0.3) is 0 Å². The minimum Gasteiger partial charge on any atom is -0.313 e. The Morgan fingerprint density at radius 1 is 1.50 bits per heavy atom. The van der Waals surface area contributed by atoms with E-state index < -0.39 is 0 Å². The third-order valence-corrected chi connectivity index (χ3v) is 1.89. The quantitative estimate of drug-likeness (QED) is 0.687. The highest BCUT2D eigenvalue weighted by atomic mass is 14.8. The molecule has 0 atom stereocenters. The zero-order valence-corrected chi connectivity index (χ0v) is 7.80. The molecule has 1 N–H and O–H groups in total. The average Bonchev–Trinajstić information content (AvgIpc) is 2.09. The lowest BCUT2D eigenvalue weighted by Gasteiger charge is -2.04. The summed E-state index contributed by atoms with van der Waals surface area (Å²) in [6, 6.07) is 2.04. The molecule has 0 amide bonds. The lowest BCUT2D eigenvalue weighted by molar-refractivity contribution is 0.671. The van der Waals surface area contributed by atoms with E-state index >= 15 is 0 Å². The molecule has 0 fully saturated rings. The fraction of sp³-hybridized carbons (Fsp3) is 0.500. The Labute approximate surface area is 74.0 Å². The molecule has 0 spiro atoms. The number of aromatic nitrogens is 1. The van der Waals surface area contributed by atoms with E-state index in [1.165, 1.54) is 17.5 Å². The van der Waals surface area contributed by atoms with Crippen molar-refractivity contribution >= 4 is 0 Å². The predicted molar refractivity (Wildman–Crippen MR) is 51.0 cm³/mol. The number of pyridine rings is 1. The van der Waals surface area contributed by atoms with Crippen molar-refractivity contribution in [3.63, 3.8) is 0 Å². The normalized spacial score (nSPS) is 10.2. The van der Waals surface area contributed by atoms with Gasteiger partial charge in [-0.1, -0.05) is 6.92 Å². The van der Waals surface area contributed by atoms with Crippen molar-refractivity contribution in [3.8, 4) is 0 Å². The molecule has 0 saturated carbocycles. The van der Waals surface area contributed by atoms with E-state index in [0.717, 1.165) is 13.1 Å². The van der Waals surface area contributed by atoms with E-state index in [2.05, 4.69) is 24.1 Å². The van der Waals surface area contributed by atoms with Crippen LogP contribution >= 0.6 is 0 Å². The molecule has 0 aromatic carbocycles. The van der Waals surface area contributed by atoms with Gasteiger partial charge in [0.2, 0.25) is 0 Å². The standard InChI is InChI=1S/C10H16N2/c1-3-5-11-7-10-8-12-6-4-9(10)2/h4,6,8,11H,3,5,7H2,1-2H3. The number of hydrogen-bond acceptors (Lipinski definition) is 2. The summed E-state index contributed by atoms with van der Waals surface area (Å²) in [6.07, 6.45) is 4.94. The summed E-state index contributed by atoms with van der Waals surface area (Å²) in [5.41, 5.74) is 2.61. The van der Waals surface area contributed by atoms with Crippen molar-refractivity contribution in [2.75, 3.05) is 6.54 Å². The van der Waals surface area contributed by atoms with Crippen molar-refractivity contribution in [2.24, 2.45) is 0 Å². The van der Waals surface area contributed by atoms with Crippen LogP contribution < -0.4 is 5.32 Å². The van der Waals surface area contributed by atoms with Crippen LogP contribution in [0.25, 0.3) is 0 Å². The van der Waals surface area contributed by atoms with Crippen molar-refractivity contribution in [3.05, 3.63) is 29.6 Å². The van der Waals surface area contributed by atoms with Crippen molar-refractivity contribution in [2.45, 2.75) is 26.8 Å². The van der Waals surface area contributed by atoms with Crippen LogP contribution in [0.15, 0.2) is 18.5 Å². The molecule has 12 heavy (non-hydrogen) atoms. The Balaban J connectivity index is 2.46. The van der Waals surface area contributed by atoms with Gasteiger partial charge in [-0.05, 0) is 37.1 Å². The van der Waals surface area contributed by atoms with Gasteiger partial charge < -0.3 is 5.32 Å². The van der Waals surface area contributed by atoms with Crippen LogP contribution in [0.5, 0.6) is 0 Å². The fourth-order valence-electron chi connectivity index (χ4n) is 1.08. The van der Waals surface area contributed by atoms with Crippen molar-refractivity contribution in [1.29, 1.82) is 0 Å². The Kier molecular flexibility index (Phi) is 3.74. The van der Waals surface area contributed by atoms with Crippen LogP contribution in [0.3, 0.4) is 0 Å². The van der Waals surface area contributed by atoms with E-state index in [1.807, 2.05) is 18.5 Å².